The molecular formula is C13H18N4O. The molecule has 0 saturated carbocycles. The molecule has 96 valence electrons. The van der Waals surface area contributed by atoms with E-state index in [-0.39, 0.29) is 17.8 Å². The monoisotopic (exact) mass is 246 g/mol. The second-order valence-electron chi connectivity index (χ2n) is 4.48. The first-order valence-corrected chi connectivity index (χ1v) is 6.11. The van der Waals surface area contributed by atoms with Gasteiger partial charge in [-0.25, -0.2) is 0 Å². The van der Waals surface area contributed by atoms with E-state index in [0.717, 1.165) is 24.9 Å². The molecule has 1 fully saturated rings. The number of hydrogen-bond donors (Lipinski definition) is 4. The molecule has 1 unspecified atom stereocenters. The Morgan fingerprint density at radius 1 is 1.44 bits per heavy atom. The van der Waals surface area contributed by atoms with Crippen LogP contribution in [0.25, 0.3) is 0 Å². The molecular weight excluding hydrogens is 228 g/mol. The van der Waals surface area contributed by atoms with Crippen LogP contribution in [0, 0.1) is 5.41 Å². The van der Waals surface area contributed by atoms with Crippen LogP contribution in [0.15, 0.2) is 24.3 Å². The highest BCUT2D eigenvalue weighted by molar-refractivity contribution is 5.94. The minimum Gasteiger partial charge on any atom is -0.384 e. The summed E-state index contributed by atoms with van der Waals surface area (Å²) in [4.78, 5) is 11.8. The first-order chi connectivity index (χ1) is 8.66. The van der Waals surface area contributed by atoms with Gasteiger partial charge in [-0.05, 0) is 24.9 Å². The molecule has 1 heterocycles. The van der Waals surface area contributed by atoms with Crippen molar-refractivity contribution in [3.05, 3.63) is 35.4 Å². The van der Waals surface area contributed by atoms with Crippen molar-refractivity contribution in [2.75, 3.05) is 6.54 Å². The van der Waals surface area contributed by atoms with Crippen LogP contribution in [0.5, 0.6) is 0 Å². The smallest absolute Gasteiger partial charge is 0.237 e. The number of hydrogen-bond acceptors (Lipinski definition) is 3. The normalized spacial score (nSPS) is 18.6. The fourth-order valence-corrected chi connectivity index (χ4v) is 2.02. The Labute approximate surface area is 106 Å². The Hall–Kier alpha value is -1.88. The Kier molecular flexibility index (Phi) is 3.94. The lowest BCUT2D eigenvalue weighted by Crippen LogP contribution is -2.39. The fourth-order valence-electron chi connectivity index (χ4n) is 2.02. The van der Waals surface area contributed by atoms with Crippen LogP contribution in [0.1, 0.15) is 24.0 Å². The standard InChI is InChI=1S/C13H18N4O/c14-12(15)10-5-3-9(4-6-10)8-17-13(18)11-2-1-7-16-11/h3-6,11,16H,1-2,7-8H2,(H3,14,15)(H,17,18). The Balaban J connectivity index is 1.86. The molecule has 18 heavy (non-hydrogen) atoms. The Morgan fingerprint density at radius 3 is 2.72 bits per heavy atom. The summed E-state index contributed by atoms with van der Waals surface area (Å²) in [6.45, 7) is 1.43. The van der Waals surface area contributed by atoms with Crippen LogP contribution in [0.3, 0.4) is 0 Å². The minimum atomic E-state index is -0.0403. The van der Waals surface area contributed by atoms with Crippen molar-refractivity contribution in [1.29, 1.82) is 5.41 Å². The van der Waals surface area contributed by atoms with E-state index in [1.54, 1.807) is 12.1 Å². The maximum Gasteiger partial charge on any atom is 0.237 e. The average molecular weight is 246 g/mol. The number of amides is 1. The number of nitrogens with one attached hydrogen (secondary N) is 3. The summed E-state index contributed by atoms with van der Waals surface area (Å²) in [5.74, 6) is 0.115. The Morgan fingerprint density at radius 2 is 2.17 bits per heavy atom. The maximum absolute atomic E-state index is 11.8. The maximum atomic E-state index is 11.8. The van der Waals surface area contributed by atoms with E-state index in [0.29, 0.717) is 12.1 Å². The second kappa shape index (κ2) is 5.64. The number of benzene rings is 1. The zero-order valence-electron chi connectivity index (χ0n) is 10.2. The molecule has 0 bridgehead atoms. The molecule has 2 rings (SSSR count). The summed E-state index contributed by atoms with van der Waals surface area (Å²) < 4.78 is 0. The highest BCUT2D eigenvalue weighted by atomic mass is 16.2. The van der Waals surface area contributed by atoms with Gasteiger partial charge in [0.25, 0.3) is 0 Å². The average Bonchev–Trinajstić information content (AvgIpc) is 2.90. The largest absolute Gasteiger partial charge is 0.384 e. The van der Waals surface area contributed by atoms with Crippen molar-refractivity contribution in [1.82, 2.24) is 10.6 Å². The fraction of sp³-hybridized carbons (Fsp3) is 0.385. The van der Waals surface area contributed by atoms with Gasteiger partial charge in [0.1, 0.15) is 5.84 Å². The van der Waals surface area contributed by atoms with Crippen LogP contribution in [0.2, 0.25) is 0 Å². The van der Waals surface area contributed by atoms with E-state index >= 15 is 0 Å². The third kappa shape index (κ3) is 3.07. The molecule has 1 aliphatic heterocycles. The number of carbonyl (C=O) groups excluding carboxylic acids is 1. The molecule has 0 radical (unpaired) electrons. The Bertz CT molecular complexity index is 435. The summed E-state index contributed by atoms with van der Waals surface area (Å²) in [7, 11) is 0. The first-order valence-electron chi connectivity index (χ1n) is 6.11. The summed E-state index contributed by atoms with van der Waals surface area (Å²) in [5, 5.41) is 13.4. The number of amidine groups is 1. The lowest BCUT2D eigenvalue weighted by atomic mass is 10.1. The molecule has 1 saturated heterocycles. The summed E-state index contributed by atoms with van der Waals surface area (Å²) in [5.41, 5.74) is 7.08. The van der Waals surface area contributed by atoms with E-state index in [1.807, 2.05) is 12.1 Å². The van der Waals surface area contributed by atoms with Gasteiger partial charge in [-0.1, -0.05) is 24.3 Å². The summed E-state index contributed by atoms with van der Waals surface area (Å²) in [6.07, 6.45) is 1.97. The lowest BCUT2D eigenvalue weighted by molar-refractivity contribution is -0.122. The van der Waals surface area contributed by atoms with Gasteiger partial charge in [-0.3, -0.25) is 10.2 Å². The first kappa shape index (κ1) is 12.6. The molecule has 1 aromatic rings. The molecule has 1 amide bonds. The van der Waals surface area contributed by atoms with Crippen molar-refractivity contribution in [2.45, 2.75) is 25.4 Å². The predicted molar refractivity (Wildman–Crippen MR) is 70.3 cm³/mol. The quantitative estimate of drug-likeness (QED) is 0.456. The van der Waals surface area contributed by atoms with Crippen molar-refractivity contribution < 1.29 is 4.79 Å². The zero-order valence-corrected chi connectivity index (χ0v) is 10.2. The van der Waals surface area contributed by atoms with E-state index < -0.39 is 0 Å². The third-order valence-electron chi connectivity index (χ3n) is 3.11. The highest BCUT2D eigenvalue weighted by Crippen LogP contribution is 2.06. The van der Waals surface area contributed by atoms with Crippen molar-refractivity contribution in [2.24, 2.45) is 5.73 Å². The lowest BCUT2D eigenvalue weighted by Gasteiger charge is -2.11. The van der Waals surface area contributed by atoms with Crippen LogP contribution >= 0.6 is 0 Å². The van der Waals surface area contributed by atoms with Gasteiger partial charge in [0.15, 0.2) is 0 Å². The molecule has 0 aliphatic carbocycles. The minimum absolute atomic E-state index is 0.0403. The zero-order chi connectivity index (χ0) is 13.0. The van der Waals surface area contributed by atoms with E-state index in [2.05, 4.69) is 10.6 Å². The summed E-state index contributed by atoms with van der Waals surface area (Å²) >= 11 is 0. The van der Waals surface area contributed by atoms with Crippen LogP contribution in [0.4, 0.5) is 0 Å². The van der Waals surface area contributed by atoms with E-state index in [4.69, 9.17) is 11.1 Å². The molecule has 5 N–H and O–H groups in total. The molecule has 1 aromatic carbocycles. The molecule has 5 nitrogen and oxygen atoms in total. The molecule has 5 heteroatoms. The number of rotatable bonds is 4. The van der Waals surface area contributed by atoms with Crippen LogP contribution < -0.4 is 16.4 Å². The number of nitrogens with two attached hydrogens (primary N) is 1. The molecule has 1 atom stereocenters. The highest BCUT2D eigenvalue weighted by Gasteiger charge is 2.21. The molecule has 0 spiro atoms. The van der Waals surface area contributed by atoms with Crippen molar-refractivity contribution in [3.8, 4) is 0 Å². The van der Waals surface area contributed by atoms with Gasteiger partial charge in [0.2, 0.25) is 5.91 Å². The number of nitrogen functional groups attached to an aromatic ring is 1. The van der Waals surface area contributed by atoms with Crippen molar-refractivity contribution in [3.63, 3.8) is 0 Å². The van der Waals surface area contributed by atoms with Crippen molar-refractivity contribution >= 4 is 11.7 Å². The van der Waals surface area contributed by atoms with Crippen LogP contribution in [-0.4, -0.2) is 24.3 Å². The van der Waals surface area contributed by atoms with Gasteiger partial charge in [-0.2, -0.15) is 0 Å². The van der Waals surface area contributed by atoms with Gasteiger partial charge >= 0.3 is 0 Å². The third-order valence-corrected chi connectivity index (χ3v) is 3.11. The second-order valence-corrected chi connectivity index (χ2v) is 4.48. The SMILES string of the molecule is N=C(N)c1ccc(CNC(=O)C2CCCN2)cc1. The van der Waals surface area contributed by atoms with E-state index in [9.17, 15) is 4.79 Å². The molecule has 1 aliphatic rings. The van der Waals surface area contributed by atoms with Gasteiger partial charge < -0.3 is 16.4 Å². The topological polar surface area (TPSA) is 91.0 Å². The van der Waals surface area contributed by atoms with Gasteiger partial charge in [-0.15, -0.1) is 0 Å². The summed E-state index contributed by atoms with van der Waals surface area (Å²) in [6, 6.07) is 7.29. The predicted octanol–water partition coefficient (Wildman–Crippen LogP) is 0.339. The van der Waals surface area contributed by atoms with Gasteiger partial charge in [0, 0.05) is 12.1 Å². The van der Waals surface area contributed by atoms with Crippen LogP contribution in [-0.2, 0) is 11.3 Å². The van der Waals surface area contributed by atoms with Gasteiger partial charge in [0.05, 0.1) is 6.04 Å². The van der Waals surface area contributed by atoms with E-state index in [1.165, 1.54) is 0 Å². The molecule has 0 aromatic heterocycles. The number of carbonyl (C=O) groups is 1.